The van der Waals surface area contributed by atoms with Crippen molar-refractivity contribution in [2.45, 2.75) is 0 Å². The minimum absolute atomic E-state index is 0.655. The van der Waals surface area contributed by atoms with Crippen molar-refractivity contribution in [2.24, 2.45) is 0 Å². The number of benzene rings is 6. The van der Waals surface area contributed by atoms with Gasteiger partial charge in [0.25, 0.3) is 0 Å². The van der Waals surface area contributed by atoms with Gasteiger partial charge in [-0.1, -0.05) is 91.0 Å². The molecular formula is C38H21N3OS. The maximum absolute atomic E-state index is 6.45. The monoisotopic (exact) mass is 567 g/mol. The lowest BCUT2D eigenvalue weighted by Gasteiger charge is -2.11. The molecule has 4 nitrogen and oxygen atoms in total. The lowest BCUT2D eigenvalue weighted by molar-refractivity contribution is 0.669. The molecule has 4 heterocycles. The molecule has 0 aliphatic rings. The molecular weight excluding hydrogens is 547 g/mol. The van der Waals surface area contributed by atoms with Gasteiger partial charge in [0.2, 0.25) is 0 Å². The predicted octanol–water partition coefficient (Wildman–Crippen LogP) is 10.7. The summed E-state index contributed by atoms with van der Waals surface area (Å²) in [5.41, 5.74) is 5.77. The van der Waals surface area contributed by atoms with Crippen LogP contribution in [0.4, 0.5) is 0 Å². The minimum Gasteiger partial charge on any atom is -0.455 e. The van der Waals surface area contributed by atoms with Crippen LogP contribution in [-0.2, 0) is 0 Å². The molecule has 0 saturated carbocycles. The van der Waals surface area contributed by atoms with Crippen LogP contribution >= 0.6 is 11.3 Å². The van der Waals surface area contributed by atoms with Crippen LogP contribution in [0.1, 0.15) is 0 Å². The third-order valence-corrected chi connectivity index (χ3v) is 9.75. The van der Waals surface area contributed by atoms with Crippen molar-refractivity contribution in [3.05, 3.63) is 127 Å². The second-order valence-electron chi connectivity index (χ2n) is 11.0. The quantitative estimate of drug-likeness (QED) is 0.209. The standard InChI is InChI=1S/C38H21N3OS/c1-2-11-23-21-31-29(20-22(23)10-1)24-12-3-6-17-30(24)41(31)38-36-34(27-14-5-8-19-33(27)43-36)39-37(40-38)28-16-9-15-26-25-13-4-7-18-32(25)42-35(26)28/h1-21H. The largest absolute Gasteiger partial charge is 0.455 e. The zero-order valence-electron chi connectivity index (χ0n) is 22.8. The Bertz CT molecular complexity index is 2750. The SMILES string of the molecule is c1ccc2cc3c(cc2c1)c1ccccc1n3-c1nc(-c2cccc3c2oc2ccccc23)nc2c1sc1ccccc12. The highest BCUT2D eigenvalue weighted by molar-refractivity contribution is 7.26. The van der Waals surface area contributed by atoms with Crippen LogP contribution in [0.5, 0.6) is 0 Å². The second kappa shape index (κ2) is 8.51. The Kier molecular flexibility index (Phi) is 4.57. The number of nitrogens with zero attached hydrogens (tertiary/aromatic N) is 3. The molecule has 0 unspecified atom stereocenters. The molecule has 0 saturated heterocycles. The molecule has 0 spiro atoms. The van der Waals surface area contributed by atoms with E-state index in [1.54, 1.807) is 11.3 Å². The Morgan fingerprint density at radius 2 is 1.28 bits per heavy atom. The van der Waals surface area contributed by atoms with Gasteiger partial charge in [0.05, 0.1) is 26.8 Å². The van der Waals surface area contributed by atoms with Crippen LogP contribution in [0.15, 0.2) is 132 Å². The smallest absolute Gasteiger partial charge is 0.166 e. The van der Waals surface area contributed by atoms with Crippen molar-refractivity contribution in [3.63, 3.8) is 0 Å². The third-order valence-electron chi connectivity index (χ3n) is 8.60. The maximum Gasteiger partial charge on any atom is 0.166 e. The number of aromatic nitrogens is 3. The summed E-state index contributed by atoms with van der Waals surface area (Å²) in [6.07, 6.45) is 0. The first-order chi connectivity index (χ1) is 21.3. The van der Waals surface area contributed by atoms with E-state index in [1.165, 1.54) is 26.2 Å². The first kappa shape index (κ1) is 23.1. The molecule has 10 rings (SSSR count). The van der Waals surface area contributed by atoms with Crippen LogP contribution in [0.2, 0.25) is 0 Å². The Hall–Kier alpha value is -5.52. The molecule has 6 aromatic carbocycles. The summed E-state index contributed by atoms with van der Waals surface area (Å²) in [6, 6.07) is 44.7. The van der Waals surface area contributed by atoms with Gasteiger partial charge in [-0.25, -0.2) is 9.97 Å². The highest BCUT2D eigenvalue weighted by Crippen LogP contribution is 2.42. The first-order valence-electron chi connectivity index (χ1n) is 14.3. The van der Waals surface area contributed by atoms with Crippen LogP contribution in [0.25, 0.3) is 92.0 Å². The Labute approximate surface area is 249 Å². The van der Waals surface area contributed by atoms with Gasteiger partial charge in [-0.3, -0.25) is 4.57 Å². The lowest BCUT2D eigenvalue weighted by Crippen LogP contribution is -2.01. The fraction of sp³-hybridized carbons (Fsp3) is 0. The molecule has 0 aliphatic carbocycles. The normalized spacial score (nSPS) is 12.2. The van der Waals surface area contributed by atoms with Gasteiger partial charge < -0.3 is 4.42 Å². The van der Waals surface area contributed by atoms with Gasteiger partial charge >= 0.3 is 0 Å². The van der Waals surface area contributed by atoms with Crippen LogP contribution in [0.3, 0.4) is 0 Å². The molecule has 4 aromatic heterocycles. The zero-order chi connectivity index (χ0) is 28.1. The van der Waals surface area contributed by atoms with Crippen LogP contribution in [-0.4, -0.2) is 14.5 Å². The number of thiophene rings is 1. The fourth-order valence-corrected chi connectivity index (χ4v) is 7.78. The molecule has 0 fully saturated rings. The lowest BCUT2D eigenvalue weighted by atomic mass is 10.1. The molecule has 0 amide bonds. The Morgan fingerprint density at radius 1 is 0.558 bits per heavy atom. The second-order valence-corrected chi connectivity index (χ2v) is 12.0. The van der Waals surface area contributed by atoms with E-state index in [9.17, 15) is 0 Å². The van der Waals surface area contributed by atoms with Crippen molar-refractivity contribution < 1.29 is 4.42 Å². The van der Waals surface area contributed by atoms with Crippen molar-refractivity contribution in [1.29, 1.82) is 0 Å². The molecule has 0 radical (unpaired) electrons. The van der Waals surface area contributed by atoms with Crippen molar-refractivity contribution in [2.75, 3.05) is 0 Å². The van der Waals surface area contributed by atoms with E-state index < -0.39 is 0 Å². The van der Waals surface area contributed by atoms with E-state index >= 15 is 0 Å². The number of hydrogen-bond acceptors (Lipinski definition) is 4. The third kappa shape index (κ3) is 3.20. The minimum atomic E-state index is 0.655. The van der Waals surface area contributed by atoms with Gasteiger partial charge in [0, 0.05) is 31.6 Å². The molecule has 10 aromatic rings. The number of furan rings is 1. The number of hydrogen-bond donors (Lipinski definition) is 0. The van der Waals surface area contributed by atoms with E-state index in [0.29, 0.717) is 5.82 Å². The predicted molar refractivity (Wildman–Crippen MR) is 179 cm³/mol. The molecule has 0 N–H and O–H groups in total. The van der Waals surface area contributed by atoms with E-state index in [-0.39, 0.29) is 0 Å². The number of para-hydroxylation sites is 3. The van der Waals surface area contributed by atoms with Gasteiger partial charge in [-0.05, 0) is 47.2 Å². The summed E-state index contributed by atoms with van der Waals surface area (Å²) in [6.45, 7) is 0. The van der Waals surface area contributed by atoms with E-state index in [0.717, 1.165) is 60.0 Å². The number of fused-ring (bicyclic) bond motifs is 10. The number of rotatable bonds is 2. The molecule has 200 valence electrons. The Balaban J connectivity index is 1.38. The van der Waals surface area contributed by atoms with Gasteiger partial charge in [-0.2, -0.15) is 0 Å². The van der Waals surface area contributed by atoms with Crippen LogP contribution in [0, 0.1) is 0 Å². The van der Waals surface area contributed by atoms with Crippen molar-refractivity contribution >= 4 is 86.2 Å². The summed E-state index contributed by atoms with van der Waals surface area (Å²) in [5.74, 6) is 1.54. The average Bonchev–Trinajstić information content (AvgIpc) is 3.73. The molecule has 0 atom stereocenters. The van der Waals surface area contributed by atoms with E-state index in [4.69, 9.17) is 14.4 Å². The maximum atomic E-state index is 6.45. The Morgan fingerprint density at radius 3 is 2.19 bits per heavy atom. The van der Waals surface area contributed by atoms with Crippen molar-refractivity contribution in [3.8, 4) is 17.2 Å². The average molecular weight is 568 g/mol. The summed E-state index contributed by atoms with van der Waals surface area (Å²) in [4.78, 5) is 10.7. The summed E-state index contributed by atoms with van der Waals surface area (Å²) in [5, 5.41) is 8.14. The highest BCUT2D eigenvalue weighted by Gasteiger charge is 2.22. The van der Waals surface area contributed by atoms with Gasteiger partial charge in [0.15, 0.2) is 11.6 Å². The molecule has 0 bridgehead atoms. The molecule has 0 aliphatic heterocycles. The van der Waals surface area contributed by atoms with Gasteiger partial charge in [0.1, 0.15) is 11.2 Å². The van der Waals surface area contributed by atoms with Gasteiger partial charge in [-0.15, -0.1) is 11.3 Å². The zero-order valence-corrected chi connectivity index (χ0v) is 23.6. The molecule has 43 heavy (non-hydrogen) atoms. The topological polar surface area (TPSA) is 43.9 Å². The van der Waals surface area contributed by atoms with E-state index in [1.807, 2.05) is 18.2 Å². The van der Waals surface area contributed by atoms with Crippen molar-refractivity contribution in [1.82, 2.24) is 14.5 Å². The molecule has 5 heteroatoms. The van der Waals surface area contributed by atoms with Crippen LogP contribution < -0.4 is 0 Å². The highest BCUT2D eigenvalue weighted by atomic mass is 32.1. The van der Waals surface area contributed by atoms with E-state index in [2.05, 4.69) is 114 Å². The fourth-order valence-electron chi connectivity index (χ4n) is 6.66. The summed E-state index contributed by atoms with van der Waals surface area (Å²) >= 11 is 1.75. The summed E-state index contributed by atoms with van der Waals surface area (Å²) < 4.78 is 11.0. The first-order valence-corrected chi connectivity index (χ1v) is 15.2. The summed E-state index contributed by atoms with van der Waals surface area (Å²) in [7, 11) is 0.